The Morgan fingerprint density at radius 3 is 1.39 bits per heavy atom. The summed E-state index contributed by atoms with van der Waals surface area (Å²) in [6.45, 7) is 5.69. The maximum Gasteiger partial charge on any atom is 0.343 e. The molecule has 246 valence electrons. The lowest BCUT2D eigenvalue weighted by molar-refractivity contribution is 0.0696. The molecule has 2 rings (SSSR count). The molecule has 0 heterocycles. The monoisotopic (exact) mass is 610 g/mol. The van der Waals surface area contributed by atoms with E-state index in [0.29, 0.717) is 30.3 Å². The second kappa shape index (κ2) is 24.3. The van der Waals surface area contributed by atoms with Gasteiger partial charge in [0.1, 0.15) is 5.75 Å². The molecule has 0 amide bonds. The number of carboxylic acids is 1. The summed E-state index contributed by atoms with van der Waals surface area (Å²) in [5, 5.41) is 9.10. The van der Waals surface area contributed by atoms with E-state index in [1.807, 2.05) is 0 Å². The molecule has 44 heavy (non-hydrogen) atoms. The first kappa shape index (κ1) is 37.2. The van der Waals surface area contributed by atoms with E-state index in [-0.39, 0.29) is 11.3 Å². The number of hydrogen-bond donors (Lipinski definition) is 1. The van der Waals surface area contributed by atoms with Gasteiger partial charge in [0, 0.05) is 0 Å². The van der Waals surface area contributed by atoms with Crippen LogP contribution in [-0.2, 0) is 0 Å². The zero-order chi connectivity index (χ0) is 31.7. The number of rotatable bonds is 27. The molecule has 0 aromatic heterocycles. The molecule has 0 radical (unpaired) electrons. The lowest BCUT2D eigenvalue weighted by Crippen LogP contribution is -2.10. The van der Waals surface area contributed by atoms with Crippen LogP contribution in [0.3, 0.4) is 0 Å². The molecule has 0 aliphatic heterocycles. The maximum absolute atomic E-state index is 12.9. The van der Waals surface area contributed by atoms with E-state index >= 15 is 0 Å². The Hall–Kier alpha value is -3.02. The van der Waals surface area contributed by atoms with Crippen LogP contribution in [0.4, 0.5) is 0 Å². The number of carboxylic acid groups (broad SMARTS) is 1. The first-order valence-electron chi connectivity index (χ1n) is 17.5. The lowest BCUT2D eigenvalue weighted by atomic mass is 10.1. The summed E-state index contributed by atoms with van der Waals surface area (Å²) in [6, 6.07) is 11.0. The first-order chi connectivity index (χ1) is 21.5. The van der Waals surface area contributed by atoms with Crippen LogP contribution in [0, 0.1) is 0 Å². The Morgan fingerprint density at radius 2 is 0.932 bits per heavy atom. The minimum absolute atomic E-state index is 0.136. The molecular formula is C38H58O6. The van der Waals surface area contributed by atoms with Gasteiger partial charge in [0.2, 0.25) is 0 Å². The number of unbranched alkanes of at least 4 members (excludes halogenated alkanes) is 18. The number of esters is 1. The fourth-order valence-electron chi connectivity index (χ4n) is 5.24. The fraction of sp³-hybridized carbons (Fsp3) is 0.632. The van der Waals surface area contributed by atoms with Gasteiger partial charge < -0.3 is 19.3 Å². The summed E-state index contributed by atoms with van der Waals surface area (Å²) in [5.41, 5.74) is 0.494. The third-order valence-corrected chi connectivity index (χ3v) is 8.00. The molecule has 0 saturated carbocycles. The van der Waals surface area contributed by atoms with Crippen LogP contribution in [-0.4, -0.2) is 30.3 Å². The van der Waals surface area contributed by atoms with Crippen molar-refractivity contribution in [2.75, 3.05) is 13.2 Å². The van der Waals surface area contributed by atoms with E-state index in [1.165, 1.54) is 127 Å². The summed E-state index contributed by atoms with van der Waals surface area (Å²) >= 11 is 0. The van der Waals surface area contributed by atoms with Gasteiger partial charge in [-0.25, -0.2) is 9.59 Å². The zero-order valence-corrected chi connectivity index (χ0v) is 27.6. The van der Waals surface area contributed by atoms with Crippen molar-refractivity contribution in [1.82, 2.24) is 0 Å². The number of hydrogen-bond acceptors (Lipinski definition) is 5. The Bertz CT molecular complexity index is 1030. The van der Waals surface area contributed by atoms with Gasteiger partial charge in [-0.05, 0) is 55.3 Å². The molecule has 0 aliphatic carbocycles. The van der Waals surface area contributed by atoms with Crippen LogP contribution in [0.5, 0.6) is 17.2 Å². The number of ether oxygens (including phenoxy) is 3. The van der Waals surface area contributed by atoms with E-state index < -0.39 is 11.9 Å². The number of benzene rings is 2. The SMILES string of the molecule is CCCCCCCCCCCCOc1ccc(C(=O)Oc2ccc(C(=O)O)cc2)cc1OCCCCCCCCCCCC. The van der Waals surface area contributed by atoms with Crippen molar-refractivity contribution in [3.63, 3.8) is 0 Å². The summed E-state index contributed by atoms with van der Waals surface area (Å²) < 4.78 is 17.7. The molecule has 0 spiro atoms. The number of carbonyl (C=O) groups excluding carboxylic acids is 1. The van der Waals surface area contributed by atoms with Crippen molar-refractivity contribution >= 4 is 11.9 Å². The molecule has 2 aromatic carbocycles. The van der Waals surface area contributed by atoms with Crippen LogP contribution < -0.4 is 14.2 Å². The molecular weight excluding hydrogens is 552 g/mol. The Labute approximate surface area is 266 Å². The molecule has 1 N–H and O–H groups in total. The summed E-state index contributed by atoms with van der Waals surface area (Å²) in [6.07, 6.45) is 25.3. The number of carbonyl (C=O) groups is 2. The first-order valence-corrected chi connectivity index (χ1v) is 17.5. The van der Waals surface area contributed by atoms with Gasteiger partial charge in [0.15, 0.2) is 11.5 Å². The van der Waals surface area contributed by atoms with Crippen LogP contribution >= 0.6 is 0 Å². The topological polar surface area (TPSA) is 82.1 Å². The molecule has 0 aliphatic rings. The fourth-order valence-corrected chi connectivity index (χ4v) is 5.24. The van der Waals surface area contributed by atoms with E-state index in [1.54, 1.807) is 18.2 Å². The van der Waals surface area contributed by atoms with Crippen molar-refractivity contribution in [2.45, 2.75) is 142 Å². The third kappa shape index (κ3) is 16.7. The van der Waals surface area contributed by atoms with Gasteiger partial charge in [-0.15, -0.1) is 0 Å². The van der Waals surface area contributed by atoms with Crippen molar-refractivity contribution in [3.8, 4) is 17.2 Å². The van der Waals surface area contributed by atoms with Crippen LogP contribution in [0.15, 0.2) is 42.5 Å². The quantitative estimate of drug-likeness (QED) is 0.0615. The molecule has 2 aromatic rings. The Kier molecular flexibility index (Phi) is 20.5. The maximum atomic E-state index is 12.9. The van der Waals surface area contributed by atoms with Crippen molar-refractivity contribution < 1.29 is 28.9 Å². The van der Waals surface area contributed by atoms with E-state index in [4.69, 9.17) is 19.3 Å². The van der Waals surface area contributed by atoms with Crippen LogP contribution in [0.25, 0.3) is 0 Å². The van der Waals surface area contributed by atoms with E-state index in [0.717, 1.165) is 25.7 Å². The van der Waals surface area contributed by atoms with Crippen LogP contribution in [0.2, 0.25) is 0 Å². The third-order valence-electron chi connectivity index (χ3n) is 8.00. The smallest absolute Gasteiger partial charge is 0.343 e. The summed E-state index contributed by atoms with van der Waals surface area (Å²) in [4.78, 5) is 24.0. The second-order valence-corrected chi connectivity index (χ2v) is 11.9. The van der Waals surface area contributed by atoms with E-state index in [9.17, 15) is 9.59 Å². The van der Waals surface area contributed by atoms with Gasteiger partial charge in [-0.3, -0.25) is 0 Å². The van der Waals surface area contributed by atoms with Gasteiger partial charge in [-0.1, -0.05) is 129 Å². The molecule has 6 heteroatoms. The van der Waals surface area contributed by atoms with Crippen molar-refractivity contribution in [1.29, 1.82) is 0 Å². The molecule has 0 unspecified atom stereocenters. The summed E-state index contributed by atoms with van der Waals surface area (Å²) in [7, 11) is 0. The van der Waals surface area contributed by atoms with E-state index in [2.05, 4.69) is 13.8 Å². The van der Waals surface area contributed by atoms with Gasteiger partial charge in [0.05, 0.1) is 24.3 Å². The normalized spacial score (nSPS) is 11.0. The molecule has 0 atom stereocenters. The largest absolute Gasteiger partial charge is 0.490 e. The average Bonchev–Trinajstić information content (AvgIpc) is 3.03. The molecule has 0 bridgehead atoms. The lowest BCUT2D eigenvalue weighted by Gasteiger charge is -2.14. The van der Waals surface area contributed by atoms with Crippen molar-refractivity contribution in [2.24, 2.45) is 0 Å². The van der Waals surface area contributed by atoms with Crippen LogP contribution in [0.1, 0.15) is 163 Å². The highest BCUT2D eigenvalue weighted by Gasteiger charge is 2.15. The van der Waals surface area contributed by atoms with Gasteiger partial charge in [0.25, 0.3) is 0 Å². The Morgan fingerprint density at radius 1 is 0.523 bits per heavy atom. The standard InChI is InChI=1S/C38H58O6/c1-3-5-7-9-11-13-15-17-19-21-29-42-35-28-25-33(38(41)44-34-26-23-32(24-27-34)37(39)40)31-36(35)43-30-22-20-18-16-14-12-10-8-6-4-2/h23-28,31H,3-22,29-30H2,1-2H3,(H,39,40). The molecule has 6 nitrogen and oxygen atoms in total. The summed E-state index contributed by atoms with van der Waals surface area (Å²) in [5.74, 6) is -0.0632. The predicted octanol–water partition coefficient (Wildman–Crippen LogP) is 11.2. The zero-order valence-electron chi connectivity index (χ0n) is 27.6. The second-order valence-electron chi connectivity index (χ2n) is 11.9. The minimum Gasteiger partial charge on any atom is -0.490 e. The highest BCUT2D eigenvalue weighted by Crippen LogP contribution is 2.30. The highest BCUT2D eigenvalue weighted by molar-refractivity contribution is 5.92. The Balaban J connectivity index is 1.83. The van der Waals surface area contributed by atoms with Gasteiger partial charge in [-0.2, -0.15) is 0 Å². The molecule has 0 saturated heterocycles. The molecule has 0 fully saturated rings. The predicted molar refractivity (Wildman–Crippen MR) is 179 cm³/mol. The average molecular weight is 611 g/mol. The highest BCUT2D eigenvalue weighted by atomic mass is 16.5. The minimum atomic E-state index is -1.03. The van der Waals surface area contributed by atoms with Gasteiger partial charge >= 0.3 is 11.9 Å². The number of aromatic carboxylic acids is 1. The van der Waals surface area contributed by atoms with Crippen molar-refractivity contribution in [3.05, 3.63) is 53.6 Å².